The van der Waals surface area contributed by atoms with Gasteiger partial charge in [-0.3, -0.25) is 19.7 Å². The van der Waals surface area contributed by atoms with Gasteiger partial charge in [-0.05, 0) is 36.4 Å². The molecule has 0 spiro atoms. The number of aromatic nitrogens is 3. The third-order valence-electron chi connectivity index (χ3n) is 4.69. The van der Waals surface area contributed by atoms with Crippen LogP contribution in [0.1, 0.15) is 11.4 Å². The number of methoxy groups -OCH3 is 1. The Balaban J connectivity index is 1.63. The number of rotatable bonds is 5. The Morgan fingerprint density at radius 1 is 0.967 bits per heavy atom. The summed E-state index contributed by atoms with van der Waals surface area (Å²) in [5, 5.41) is 0. The topological polar surface area (TPSA) is 112 Å². The molecule has 2 aromatic heterocycles. The number of esters is 1. The van der Waals surface area contributed by atoms with E-state index < -0.39 is 22.0 Å². The van der Waals surface area contributed by atoms with E-state index in [2.05, 4.69) is 15.0 Å². The first-order chi connectivity index (χ1) is 14.5. The molecule has 0 saturated heterocycles. The molecule has 154 valence electrons. The monoisotopic (exact) mass is 426 g/mol. The van der Waals surface area contributed by atoms with Crippen molar-refractivity contribution in [1.82, 2.24) is 19.3 Å². The van der Waals surface area contributed by atoms with Crippen LogP contribution in [-0.2, 0) is 32.5 Å². The average molecular weight is 426 g/mol. The lowest BCUT2D eigenvalue weighted by atomic mass is 10.1. The molecule has 0 radical (unpaired) electrons. The average Bonchev–Trinajstić information content (AvgIpc) is 2.78. The first-order valence-electron chi connectivity index (χ1n) is 9.05. The molecule has 0 saturated carbocycles. The van der Waals surface area contributed by atoms with Crippen LogP contribution in [0.15, 0.2) is 66.1 Å². The van der Waals surface area contributed by atoms with Crippen LogP contribution in [0.2, 0.25) is 0 Å². The van der Waals surface area contributed by atoms with Gasteiger partial charge in [0.2, 0.25) is 10.0 Å². The molecule has 10 heteroatoms. The van der Waals surface area contributed by atoms with Crippen LogP contribution in [0.5, 0.6) is 11.5 Å². The van der Waals surface area contributed by atoms with Crippen molar-refractivity contribution < 1.29 is 22.7 Å². The first-order valence-corrected chi connectivity index (χ1v) is 10.5. The first kappa shape index (κ1) is 19.9. The molecule has 1 unspecified atom stereocenters. The minimum Gasteiger partial charge on any atom is -0.468 e. The molecule has 0 bridgehead atoms. The van der Waals surface area contributed by atoms with Crippen molar-refractivity contribution in [1.29, 1.82) is 0 Å². The number of hydrogen-bond acceptors (Lipinski definition) is 8. The van der Waals surface area contributed by atoms with Gasteiger partial charge in [0.1, 0.15) is 17.5 Å². The van der Waals surface area contributed by atoms with Gasteiger partial charge in [-0.15, -0.1) is 0 Å². The lowest BCUT2D eigenvalue weighted by molar-refractivity contribution is -0.145. The largest absolute Gasteiger partial charge is 0.468 e. The van der Waals surface area contributed by atoms with Crippen molar-refractivity contribution in [2.45, 2.75) is 23.9 Å². The van der Waals surface area contributed by atoms with Crippen LogP contribution >= 0.6 is 0 Å². The third-order valence-corrected chi connectivity index (χ3v) is 6.56. The molecule has 30 heavy (non-hydrogen) atoms. The maximum atomic E-state index is 13.3. The number of ether oxygens (including phenoxy) is 2. The molecular weight excluding hydrogens is 408 g/mol. The molecule has 9 nitrogen and oxygen atoms in total. The van der Waals surface area contributed by atoms with Gasteiger partial charge in [0.25, 0.3) is 0 Å². The van der Waals surface area contributed by atoms with Gasteiger partial charge in [-0.1, -0.05) is 0 Å². The van der Waals surface area contributed by atoms with Gasteiger partial charge in [-0.25, -0.2) is 8.42 Å². The Labute approximate surface area is 173 Å². The van der Waals surface area contributed by atoms with E-state index in [0.717, 1.165) is 4.31 Å². The van der Waals surface area contributed by atoms with Crippen molar-refractivity contribution in [3.63, 3.8) is 0 Å². The Morgan fingerprint density at radius 3 is 2.27 bits per heavy atom. The van der Waals surface area contributed by atoms with E-state index in [-0.39, 0.29) is 17.9 Å². The van der Waals surface area contributed by atoms with Crippen LogP contribution in [0.25, 0.3) is 0 Å². The number of carbonyl (C=O) groups excluding carboxylic acids is 1. The molecule has 3 heterocycles. The van der Waals surface area contributed by atoms with Gasteiger partial charge < -0.3 is 9.47 Å². The maximum absolute atomic E-state index is 13.3. The molecular formula is C20H18N4O5S. The molecule has 1 aliphatic rings. The molecule has 1 atom stereocenters. The predicted octanol–water partition coefficient (Wildman–Crippen LogP) is 1.95. The van der Waals surface area contributed by atoms with Crippen LogP contribution in [0.3, 0.4) is 0 Å². The zero-order chi connectivity index (χ0) is 21.1. The van der Waals surface area contributed by atoms with Crippen molar-refractivity contribution in [3.8, 4) is 11.5 Å². The molecule has 4 rings (SSSR count). The van der Waals surface area contributed by atoms with E-state index in [1.165, 1.54) is 31.6 Å². The van der Waals surface area contributed by atoms with Crippen molar-refractivity contribution in [3.05, 3.63) is 72.6 Å². The van der Waals surface area contributed by atoms with Crippen LogP contribution in [0, 0.1) is 0 Å². The van der Waals surface area contributed by atoms with Crippen LogP contribution < -0.4 is 4.74 Å². The van der Waals surface area contributed by atoms with Gasteiger partial charge in [-0.2, -0.15) is 4.31 Å². The van der Waals surface area contributed by atoms with Gasteiger partial charge >= 0.3 is 5.97 Å². The lowest BCUT2D eigenvalue weighted by Gasteiger charge is -2.32. The zero-order valence-electron chi connectivity index (χ0n) is 16.0. The molecule has 0 fully saturated rings. The SMILES string of the molecule is COC(=O)C1Cc2nccnc2CN1S(=O)(=O)c1ccc(Oc2ccncc2)cc1. The summed E-state index contributed by atoms with van der Waals surface area (Å²) >= 11 is 0. The fourth-order valence-corrected chi connectivity index (χ4v) is 4.73. The van der Waals surface area contributed by atoms with E-state index in [4.69, 9.17) is 9.47 Å². The van der Waals surface area contributed by atoms with E-state index in [1.54, 1.807) is 36.7 Å². The van der Waals surface area contributed by atoms with Crippen molar-refractivity contribution in [2.24, 2.45) is 0 Å². The Bertz CT molecular complexity index is 1150. The summed E-state index contributed by atoms with van der Waals surface area (Å²) in [6, 6.07) is 8.35. The molecule has 3 aromatic rings. The number of carbonyl (C=O) groups is 1. The summed E-state index contributed by atoms with van der Waals surface area (Å²) in [7, 11) is -2.77. The van der Waals surface area contributed by atoms with Gasteiger partial charge in [0, 0.05) is 31.2 Å². The van der Waals surface area contributed by atoms with Crippen LogP contribution in [0.4, 0.5) is 0 Å². The molecule has 0 N–H and O–H groups in total. The van der Waals surface area contributed by atoms with Gasteiger partial charge in [0.15, 0.2) is 0 Å². The minimum absolute atomic E-state index is 0.0332. The minimum atomic E-state index is -4.00. The van der Waals surface area contributed by atoms with Crippen molar-refractivity contribution >= 4 is 16.0 Å². The Hall–Kier alpha value is -3.37. The highest BCUT2D eigenvalue weighted by atomic mass is 32.2. The number of nitrogens with zero attached hydrogens (tertiary/aromatic N) is 4. The van der Waals surface area contributed by atoms with Gasteiger partial charge in [0.05, 0.1) is 29.9 Å². The molecule has 1 aromatic carbocycles. The third kappa shape index (κ3) is 3.87. The normalized spacial score (nSPS) is 16.5. The highest BCUT2D eigenvalue weighted by Gasteiger charge is 2.41. The maximum Gasteiger partial charge on any atom is 0.324 e. The highest BCUT2D eigenvalue weighted by molar-refractivity contribution is 7.89. The number of pyridine rings is 1. The zero-order valence-corrected chi connectivity index (χ0v) is 16.8. The lowest BCUT2D eigenvalue weighted by Crippen LogP contribution is -2.49. The Kier molecular flexibility index (Phi) is 5.42. The number of hydrogen-bond donors (Lipinski definition) is 0. The summed E-state index contributed by atoms with van der Waals surface area (Å²) in [6.45, 7) is -0.0689. The summed E-state index contributed by atoms with van der Waals surface area (Å²) in [4.78, 5) is 24.7. The van der Waals surface area contributed by atoms with E-state index in [1.807, 2.05) is 0 Å². The van der Waals surface area contributed by atoms with Crippen molar-refractivity contribution in [2.75, 3.05) is 7.11 Å². The molecule has 1 aliphatic heterocycles. The number of sulfonamides is 1. The quantitative estimate of drug-likeness (QED) is 0.569. The van der Waals surface area contributed by atoms with E-state index in [0.29, 0.717) is 22.9 Å². The number of fused-ring (bicyclic) bond motifs is 1. The number of benzene rings is 1. The second kappa shape index (κ2) is 8.17. The van der Waals surface area contributed by atoms with Crippen LogP contribution in [-0.4, -0.2) is 46.8 Å². The fourth-order valence-electron chi connectivity index (χ4n) is 3.19. The van der Waals surface area contributed by atoms with E-state index in [9.17, 15) is 13.2 Å². The summed E-state index contributed by atoms with van der Waals surface area (Å²) in [6.07, 6.45) is 6.29. The smallest absolute Gasteiger partial charge is 0.324 e. The summed E-state index contributed by atoms with van der Waals surface area (Å²) in [5.41, 5.74) is 1.10. The summed E-state index contributed by atoms with van der Waals surface area (Å²) in [5.74, 6) is 0.407. The second-order valence-corrected chi connectivity index (χ2v) is 8.39. The molecule has 0 amide bonds. The van der Waals surface area contributed by atoms with E-state index >= 15 is 0 Å². The Morgan fingerprint density at radius 2 is 1.60 bits per heavy atom. The highest BCUT2D eigenvalue weighted by Crippen LogP contribution is 2.29. The fraction of sp³-hybridized carbons (Fsp3) is 0.200. The second-order valence-electron chi connectivity index (χ2n) is 6.50. The standard InChI is InChI=1S/C20H18N4O5S/c1-28-20(25)19-12-17-18(23-11-10-22-17)13-24(19)30(26,27)16-4-2-14(3-5-16)29-15-6-8-21-9-7-15/h2-11,19H,12-13H2,1H3. The summed E-state index contributed by atoms with van der Waals surface area (Å²) < 4.78 is 38.2. The predicted molar refractivity (Wildman–Crippen MR) is 105 cm³/mol. The molecule has 0 aliphatic carbocycles.